The summed E-state index contributed by atoms with van der Waals surface area (Å²) in [6.45, 7) is -1.06. The second kappa shape index (κ2) is 11.2. The zero-order chi connectivity index (χ0) is 26.0. The highest BCUT2D eigenvalue weighted by Crippen LogP contribution is 2.42. The summed E-state index contributed by atoms with van der Waals surface area (Å²) >= 11 is 6.87. The van der Waals surface area contributed by atoms with Gasteiger partial charge in [0.15, 0.2) is 0 Å². The molecule has 2 N–H and O–H groups in total. The van der Waals surface area contributed by atoms with Gasteiger partial charge in [-0.05, 0) is 50.5 Å². The monoisotopic (exact) mass is 544 g/mol. The van der Waals surface area contributed by atoms with Crippen LogP contribution in [0.15, 0.2) is 6.07 Å². The molecule has 196 valence electrons. The van der Waals surface area contributed by atoms with Crippen molar-refractivity contribution in [3.8, 4) is 5.88 Å². The first-order valence-electron chi connectivity index (χ1n) is 11.7. The number of fused-ring (bicyclic) bond motifs is 1. The molecule has 2 aliphatic carbocycles. The van der Waals surface area contributed by atoms with E-state index in [2.05, 4.69) is 20.5 Å². The molecular weight excluding hydrogens is 517 g/mol. The molecule has 4 rings (SSSR count). The number of anilines is 2. The Morgan fingerprint density at radius 2 is 2.08 bits per heavy atom. The first-order valence-corrected chi connectivity index (χ1v) is 12.9. The number of carbonyl (C=O) groups is 2. The highest BCUT2D eigenvalue weighted by molar-refractivity contribution is 7.80. The van der Waals surface area contributed by atoms with Gasteiger partial charge in [-0.2, -0.15) is 8.78 Å². The number of nitrogens with one attached hydrogen (secondary N) is 2. The average molecular weight is 545 g/mol. The van der Waals surface area contributed by atoms with Crippen LogP contribution in [0.25, 0.3) is 0 Å². The third kappa shape index (κ3) is 6.00. The maximum Gasteiger partial charge on any atom is 0.388 e. The van der Waals surface area contributed by atoms with Gasteiger partial charge >= 0.3 is 12.6 Å². The lowest BCUT2D eigenvalue weighted by molar-refractivity contribution is -0.124. The van der Waals surface area contributed by atoms with Crippen LogP contribution in [0, 0.1) is 11.8 Å². The fourth-order valence-electron chi connectivity index (χ4n) is 4.48. The van der Waals surface area contributed by atoms with E-state index >= 15 is 0 Å². The van der Waals surface area contributed by atoms with Crippen molar-refractivity contribution in [1.82, 2.24) is 9.78 Å². The van der Waals surface area contributed by atoms with Crippen molar-refractivity contribution in [2.75, 3.05) is 17.2 Å². The average Bonchev–Trinajstić information content (AvgIpc) is 3.29. The lowest BCUT2D eigenvalue weighted by atomic mass is 9.82. The Labute approximate surface area is 215 Å². The molecule has 2 aliphatic rings. The van der Waals surface area contributed by atoms with Crippen LogP contribution in [0.2, 0.25) is 0 Å². The number of aryl methyl sites for hydroxylation is 2. The summed E-state index contributed by atoms with van der Waals surface area (Å²) < 4.78 is 49.1. The third-order valence-electron chi connectivity index (χ3n) is 6.34. The number of aromatic nitrogens is 2. The van der Waals surface area contributed by atoms with Gasteiger partial charge in [-0.15, -0.1) is 16.4 Å². The lowest BCUT2D eigenvalue weighted by Crippen LogP contribution is -2.35. The van der Waals surface area contributed by atoms with Crippen LogP contribution in [0.4, 0.5) is 24.0 Å². The molecule has 0 spiro atoms. The molecule has 8 nitrogen and oxygen atoms in total. The Kier molecular flexibility index (Phi) is 8.18. The number of nitrogens with zero attached hydrogens (tertiary/aromatic N) is 2. The molecule has 1 saturated carbocycles. The fourth-order valence-corrected chi connectivity index (χ4v) is 6.05. The minimum absolute atomic E-state index is 0.118. The highest BCUT2D eigenvalue weighted by Gasteiger charge is 2.36. The van der Waals surface area contributed by atoms with Crippen molar-refractivity contribution in [1.29, 1.82) is 0 Å². The topological polar surface area (TPSA) is 94.5 Å². The number of halogens is 3. The zero-order valence-corrected chi connectivity index (χ0v) is 21.4. The van der Waals surface area contributed by atoms with Gasteiger partial charge < -0.3 is 20.1 Å². The van der Waals surface area contributed by atoms with E-state index in [-0.39, 0.29) is 43.1 Å². The Bertz CT molecular complexity index is 1150. The maximum atomic E-state index is 13.2. The Hall–Kier alpha value is -2.67. The minimum atomic E-state index is -2.97. The molecule has 0 radical (unpaired) electrons. The summed E-state index contributed by atoms with van der Waals surface area (Å²) in [5.41, 5.74) is 1.21. The number of amides is 1. The van der Waals surface area contributed by atoms with Gasteiger partial charge in [0.1, 0.15) is 17.0 Å². The molecule has 2 aromatic rings. The largest absolute Gasteiger partial charge is 0.462 e. The van der Waals surface area contributed by atoms with Crippen molar-refractivity contribution in [3.63, 3.8) is 0 Å². The van der Waals surface area contributed by atoms with E-state index in [1.807, 2.05) is 0 Å². The number of alkyl halides is 3. The third-order valence-corrected chi connectivity index (χ3v) is 7.82. The normalized spacial score (nSPS) is 20.9. The van der Waals surface area contributed by atoms with E-state index in [1.54, 1.807) is 14.0 Å². The van der Waals surface area contributed by atoms with E-state index in [4.69, 9.17) is 17.0 Å². The van der Waals surface area contributed by atoms with Crippen molar-refractivity contribution >= 4 is 51.2 Å². The second-order valence-corrected chi connectivity index (χ2v) is 10.5. The number of carbonyl (C=O) groups excluding carboxylic acids is 2. The lowest BCUT2D eigenvalue weighted by Gasteiger charge is -2.28. The van der Waals surface area contributed by atoms with Crippen LogP contribution in [-0.2, 0) is 29.4 Å². The SMILES string of the molecule is CCOC(=O)c1c(NC(=O)C2CC(F)C2)sc2c1C[C@@H](CC(=S)Nc1cc(OC(F)F)nn1C)CC2. The summed E-state index contributed by atoms with van der Waals surface area (Å²) in [6.07, 6.45) is 2.06. The van der Waals surface area contributed by atoms with Gasteiger partial charge in [0.25, 0.3) is 0 Å². The number of rotatable bonds is 9. The summed E-state index contributed by atoms with van der Waals surface area (Å²) in [4.78, 5) is 26.9. The van der Waals surface area contributed by atoms with Crippen molar-refractivity contribution in [2.45, 2.75) is 58.2 Å². The standard InChI is InChI=1S/C23H27F3N4O4S2/c1-3-33-22(32)19-14-6-11(7-18(35)27-16-10-17(29-30(16)2)34-23(25)26)4-5-15(14)36-21(19)28-20(31)12-8-13(24)9-12/h10-13,23H,3-9H2,1-2H3,(H,27,35)(H,28,31)/t11-,12?,13?/m0/s1. The van der Waals surface area contributed by atoms with Crippen molar-refractivity contribution < 1.29 is 32.2 Å². The summed E-state index contributed by atoms with van der Waals surface area (Å²) in [7, 11) is 1.58. The molecule has 1 fully saturated rings. The Balaban J connectivity index is 1.45. The molecular formula is C23H27F3N4O4S2. The number of thiophene rings is 1. The van der Waals surface area contributed by atoms with Crippen LogP contribution in [0.5, 0.6) is 5.88 Å². The molecule has 1 amide bonds. The number of hydrogen-bond donors (Lipinski definition) is 2. The molecule has 0 bridgehead atoms. The van der Waals surface area contributed by atoms with E-state index in [9.17, 15) is 22.8 Å². The molecule has 1 atom stereocenters. The van der Waals surface area contributed by atoms with Crippen LogP contribution >= 0.6 is 23.6 Å². The zero-order valence-electron chi connectivity index (χ0n) is 19.8. The van der Waals surface area contributed by atoms with Gasteiger partial charge in [-0.3, -0.25) is 4.79 Å². The molecule has 13 heteroatoms. The summed E-state index contributed by atoms with van der Waals surface area (Å²) in [5.74, 6) is -0.828. The van der Waals surface area contributed by atoms with Crippen LogP contribution in [0.3, 0.4) is 0 Å². The van der Waals surface area contributed by atoms with Gasteiger partial charge in [-0.1, -0.05) is 12.2 Å². The first kappa shape index (κ1) is 26.4. The molecule has 2 aromatic heterocycles. The first-order chi connectivity index (χ1) is 17.1. The number of ether oxygens (including phenoxy) is 2. The Morgan fingerprint density at radius 1 is 1.33 bits per heavy atom. The molecule has 0 aromatic carbocycles. The van der Waals surface area contributed by atoms with E-state index in [1.165, 1.54) is 22.1 Å². The van der Waals surface area contributed by atoms with Crippen LogP contribution < -0.4 is 15.4 Å². The van der Waals surface area contributed by atoms with Gasteiger partial charge in [0.05, 0.1) is 17.2 Å². The van der Waals surface area contributed by atoms with Crippen LogP contribution in [0.1, 0.15) is 53.4 Å². The number of esters is 1. The van der Waals surface area contributed by atoms with Gasteiger partial charge in [0.2, 0.25) is 11.8 Å². The number of thiocarbonyl (C=S) groups is 1. The molecule has 36 heavy (non-hydrogen) atoms. The second-order valence-electron chi connectivity index (χ2n) is 8.91. The highest BCUT2D eigenvalue weighted by atomic mass is 32.1. The summed E-state index contributed by atoms with van der Waals surface area (Å²) in [6, 6.07) is 1.34. The molecule has 2 heterocycles. The van der Waals surface area contributed by atoms with E-state index in [0.717, 1.165) is 16.9 Å². The summed E-state index contributed by atoms with van der Waals surface area (Å²) in [5, 5.41) is 10.2. The molecule has 0 unspecified atom stereocenters. The molecule has 0 aliphatic heterocycles. The van der Waals surface area contributed by atoms with Gasteiger partial charge in [0, 0.05) is 30.3 Å². The number of hydrogen-bond acceptors (Lipinski definition) is 7. The van der Waals surface area contributed by atoms with Crippen molar-refractivity contribution in [2.24, 2.45) is 18.9 Å². The van der Waals surface area contributed by atoms with Crippen LogP contribution in [-0.4, -0.2) is 46.0 Å². The van der Waals surface area contributed by atoms with E-state index < -0.39 is 18.8 Å². The minimum Gasteiger partial charge on any atom is -0.462 e. The molecule has 0 saturated heterocycles. The fraction of sp³-hybridized carbons (Fsp3) is 0.565. The van der Waals surface area contributed by atoms with Crippen molar-refractivity contribution in [3.05, 3.63) is 22.1 Å². The smallest absolute Gasteiger partial charge is 0.388 e. The van der Waals surface area contributed by atoms with E-state index in [0.29, 0.717) is 40.6 Å². The van der Waals surface area contributed by atoms with Gasteiger partial charge in [-0.25, -0.2) is 13.9 Å². The maximum absolute atomic E-state index is 13.2. The Morgan fingerprint density at radius 3 is 2.75 bits per heavy atom. The predicted molar refractivity (Wildman–Crippen MR) is 133 cm³/mol. The predicted octanol–water partition coefficient (Wildman–Crippen LogP) is 4.88. The quantitative estimate of drug-likeness (QED) is 0.343.